The number of sulfone groups is 1. The van der Waals surface area contributed by atoms with Crippen molar-refractivity contribution in [2.75, 3.05) is 24.7 Å². The van der Waals surface area contributed by atoms with Gasteiger partial charge in [0.1, 0.15) is 0 Å². The van der Waals surface area contributed by atoms with Crippen LogP contribution >= 0.6 is 0 Å². The first-order valence-electron chi connectivity index (χ1n) is 2.54. The Hall–Kier alpha value is -0.130. The van der Waals surface area contributed by atoms with Crippen molar-refractivity contribution in [3.63, 3.8) is 0 Å². The molecule has 0 spiro atoms. The number of aliphatic hydroxyl groups excluding tert-OH is 2. The van der Waals surface area contributed by atoms with Crippen LogP contribution < -0.4 is 0 Å². The summed E-state index contributed by atoms with van der Waals surface area (Å²) in [6.45, 7) is -0.745. The van der Waals surface area contributed by atoms with Gasteiger partial charge < -0.3 is 10.2 Å². The molecule has 5 heteroatoms. The lowest BCUT2D eigenvalue weighted by Crippen LogP contribution is -2.15. The maximum Gasteiger partial charge on any atom is 0.154 e. The monoisotopic (exact) mass is 154 g/mol. The zero-order chi connectivity index (χ0) is 7.33. The molecular weight excluding hydrogens is 144 g/mol. The highest BCUT2D eigenvalue weighted by Crippen LogP contribution is 1.86. The lowest BCUT2D eigenvalue weighted by molar-refractivity contribution is 0.312. The largest absolute Gasteiger partial charge is 0.395 e. The van der Waals surface area contributed by atoms with E-state index in [1.54, 1.807) is 0 Å². The van der Waals surface area contributed by atoms with E-state index in [9.17, 15) is 8.42 Å². The SMILES string of the molecule is O=S(=O)(CCO)CCO. The quantitative estimate of drug-likeness (QED) is 0.510. The van der Waals surface area contributed by atoms with Crippen molar-refractivity contribution in [2.24, 2.45) is 0 Å². The van der Waals surface area contributed by atoms with Crippen molar-refractivity contribution in [3.8, 4) is 0 Å². The average molecular weight is 154 g/mol. The van der Waals surface area contributed by atoms with Crippen LogP contribution in [0.5, 0.6) is 0 Å². The molecule has 2 N–H and O–H groups in total. The van der Waals surface area contributed by atoms with Crippen molar-refractivity contribution >= 4 is 9.84 Å². The van der Waals surface area contributed by atoms with E-state index < -0.39 is 9.84 Å². The number of hydrogen-bond acceptors (Lipinski definition) is 4. The first kappa shape index (κ1) is 8.87. The summed E-state index contributed by atoms with van der Waals surface area (Å²) < 4.78 is 21.0. The Labute approximate surface area is 54.0 Å². The Balaban J connectivity index is 3.73. The van der Waals surface area contributed by atoms with E-state index in [0.29, 0.717) is 0 Å². The fourth-order valence-electron chi connectivity index (χ4n) is 0.380. The third-order valence-corrected chi connectivity index (χ3v) is 2.41. The van der Waals surface area contributed by atoms with Crippen LogP contribution in [0.25, 0.3) is 0 Å². The molecule has 0 saturated carbocycles. The van der Waals surface area contributed by atoms with Crippen LogP contribution in [0.3, 0.4) is 0 Å². The lowest BCUT2D eigenvalue weighted by atomic mass is 10.9. The second-order valence-electron chi connectivity index (χ2n) is 1.60. The molecule has 0 saturated heterocycles. The van der Waals surface area contributed by atoms with Gasteiger partial charge in [-0.05, 0) is 0 Å². The molecule has 0 aliphatic rings. The maximum absolute atomic E-state index is 10.5. The summed E-state index contributed by atoms with van der Waals surface area (Å²) in [5, 5.41) is 16.3. The molecule has 0 aromatic carbocycles. The molecular formula is C4H10O4S. The summed E-state index contributed by atoms with van der Waals surface area (Å²) in [6, 6.07) is 0. The molecule has 0 aromatic heterocycles. The van der Waals surface area contributed by atoms with Crippen LogP contribution in [-0.4, -0.2) is 43.4 Å². The van der Waals surface area contributed by atoms with Crippen LogP contribution in [0.1, 0.15) is 0 Å². The van der Waals surface area contributed by atoms with Gasteiger partial charge in [-0.3, -0.25) is 0 Å². The number of hydrogen-bond donors (Lipinski definition) is 2. The van der Waals surface area contributed by atoms with Crippen molar-refractivity contribution in [1.29, 1.82) is 0 Å². The summed E-state index contributed by atoms with van der Waals surface area (Å²) in [5.74, 6) is -0.513. The molecule has 0 radical (unpaired) electrons. The number of rotatable bonds is 4. The van der Waals surface area contributed by atoms with Crippen molar-refractivity contribution in [3.05, 3.63) is 0 Å². The highest BCUT2D eigenvalue weighted by molar-refractivity contribution is 7.91. The standard InChI is InChI=1S/C4H10O4S/c5-1-3-9(7,8)4-2-6/h5-6H,1-4H2. The Morgan fingerprint density at radius 2 is 1.33 bits per heavy atom. The molecule has 0 amide bonds. The first-order valence-corrected chi connectivity index (χ1v) is 4.36. The van der Waals surface area contributed by atoms with Gasteiger partial charge in [-0.2, -0.15) is 0 Å². The molecule has 0 aromatic rings. The molecule has 0 atom stereocenters. The molecule has 0 rings (SSSR count). The molecule has 0 heterocycles. The molecule has 0 bridgehead atoms. The van der Waals surface area contributed by atoms with Gasteiger partial charge in [-0.1, -0.05) is 0 Å². The average Bonchev–Trinajstić information content (AvgIpc) is 1.64. The summed E-state index contributed by atoms with van der Waals surface area (Å²) >= 11 is 0. The normalized spacial score (nSPS) is 11.8. The summed E-state index contributed by atoms with van der Waals surface area (Å²) in [5.41, 5.74) is 0. The van der Waals surface area contributed by atoms with Crippen LogP contribution in [0.2, 0.25) is 0 Å². The van der Waals surface area contributed by atoms with Gasteiger partial charge in [0.25, 0.3) is 0 Å². The topological polar surface area (TPSA) is 74.6 Å². The van der Waals surface area contributed by atoms with E-state index in [2.05, 4.69) is 0 Å². The lowest BCUT2D eigenvalue weighted by Gasteiger charge is -1.96. The van der Waals surface area contributed by atoms with E-state index in [0.717, 1.165) is 0 Å². The molecule has 0 unspecified atom stereocenters. The molecule has 56 valence electrons. The smallest absolute Gasteiger partial charge is 0.154 e. The Kier molecular flexibility index (Phi) is 3.76. The summed E-state index contributed by atoms with van der Waals surface area (Å²) in [7, 11) is -3.18. The van der Waals surface area contributed by atoms with Crippen molar-refractivity contribution in [1.82, 2.24) is 0 Å². The summed E-state index contributed by atoms with van der Waals surface area (Å²) in [4.78, 5) is 0. The molecule has 4 nitrogen and oxygen atoms in total. The third kappa shape index (κ3) is 4.38. The van der Waals surface area contributed by atoms with Gasteiger partial charge in [0.05, 0.1) is 24.7 Å². The van der Waals surface area contributed by atoms with Gasteiger partial charge in [0.2, 0.25) is 0 Å². The minimum atomic E-state index is -3.18. The highest BCUT2D eigenvalue weighted by atomic mass is 32.2. The predicted octanol–water partition coefficient (Wildman–Crippen LogP) is -1.61. The highest BCUT2D eigenvalue weighted by Gasteiger charge is 2.06. The van der Waals surface area contributed by atoms with Gasteiger partial charge in [-0.25, -0.2) is 8.42 Å². The first-order chi connectivity index (χ1) is 4.12. The molecule has 0 fully saturated rings. The third-order valence-electron chi connectivity index (χ3n) is 0.805. The van der Waals surface area contributed by atoms with E-state index in [1.807, 2.05) is 0 Å². The molecule has 9 heavy (non-hydrogen) atoms. The Morgan fingerprint density at radius 1 is 1.00 bits per heavy atom. The second kappa shape index (κ2) is 3.81. The van der Waals surface area contributed by atoms with Gasteiger partial charge in [0.15, 0.2) is 9.84 Å². The fourth-order valence-corrected chi connectivity index (χ4v) is 1.14. The molecule has 0 aliphatic carbocycles. The van der Waals surface area contributed by atoms with E-state index >= 15 is 0 Å². The van der Waals surface area contributed by atoms with E-state index in [-0.39, 0.29) is 24.7 Å². The zero-order valence-corrected chi connectivity index (χ0v) is 5.76. The minimum absolute atomic E-state index is 0.256. The van der Waals surface area contributed by atoms with Gasteiger partial charge >= 0.3 is 0 Å². The molecule has 0 aliphatic heterocycles. The maximum atomic E-state index is 10.5. The van der Waals surface area contributed by atoms with Gasteiger partial charge in [0, 0.05) is 0 Å². The second-order valence-corrected chi connectivity index (χ2v) is 3.90. The fraction of sp³-hybridized carbons (Fsp3) is 1.00. The van der Waals surface area contributed by atoms with Crippen LogP contribution in [-0.2, 0) is 9.84 Å². The van der Waals surface area contributed by atoms with Gasteiger partial charge in [-0.15, -0.1) is 0 Å². The van der Waals surface area contributed by atoms with Crippen LogP contribution in [0, 0.1) is 0 Å². The zero-order valence-electron chi connectivity index (χ0n) is 4.95. The van der Waals surface area contributed by atoms with Crippen molar-refractivity contribution in [2.45, 2.75) is 0 Å². The van der Waals surface area contributed by atoms with Crippen LogP contribution in [0.4, 0.5) is 0 Å². The number of aliphatic hydroxyl groups is 2. The van der Waals surface area contributed by atoms with E-state index in [4.69, 9.17) is 10.2 Å². The van der Waals surface area contributed by atoms with Crippen molar-refractivity contribution < 1.29 is 18.6 Å². The Morgan fingerprint density at radius 3 is 1.56 bits per heavy atom. The van der Waals surface area contributed by atoms with Crippen LogP contribution in [0.15, 0.2) is 0 Å². The summed E-state index contributed by atoms with van der Waals surface area (Å²) in [6.07, 6.45) is 0. The minimum Gasteiger partial charge on any atom is -0.395 e. The predicted molar refractivity (Wildman–Crippen MR) is 32.8 cm³/mol. The van der Waals surface area contributed by atoms with E-state index in [1.165, 1.54) is 0 Å². The Bertz CT molecular complexity index is 136.